The van der Waals surface area contributed by atoms with Crippen LogP contribution in [0.1, 0.15) is 31.9 Å². The van der Waals surface area contributed by atoms with Gasteiger partial charge in [-0.1, -0.05) is 32.0 Å². The zero-order chi connectivity index (χ0) is 19.2. The highest BCUT2D eigenvalue weighted by Crippen LogP contribution is 2.29. The fraction of sp³-hybridized carbons (Fsp3) is 0.400. The molecule has 0 saturated carbocycles. The third-order valence-corrected chi connectivity index (χ3v) is 6.14. The molecule has 2 aromatic rings. The third kappa shape index (κ3) is 4.56. The van der Waals surface area contributed by atoms with E-state index >= 15 is 0 Å². The van der Waals surface area contributed by atoms with Crippen LogP contribution < -0.4 is 9.47 Å². The lowest BCUT2D eigenvalue weighted by Crippen LogP contribution is -2.30. The first-order chi connectivity index (χ1) is 12.5. The minimum atomic E-state index is -3.55. The number of aryl methyl sites for hydroxylation is 1. The number of benzene rings is 2. The lowest BCUT2D eigenvalue weighted by molar-refractivity contribution is 0.310. The summed E-state index contributed by atoms with van der Waals surface area (Å²) in [5.41, 5.74) is 1.96. The molecular weight excluding hydrogens is 350 g/mol. The molecule has 0 aliphatic rings. The van der Waals surface area contributed by atoms with Gasteiger partial charge in [0.2, 0.25) is 10.0 Å². The van der Waals surface area contributed by atoms with Gasteiger partial charge in [-0.05, 0) is 48.7 Å². The van der Waals surface area contributed by atoms with Gasteiger partial charge in [0.05, 0.1) is 18.6 Å². The molecular formula is C20H27NO4S. The van der Waals surface area contributed by atoms with E-state index in [2.05, 4.69) is 0 Å². The minimum absolute atomic E-state index is 0.275. The maximum Gasteiger partial charge on any atom is 0.243 e. The van der Waals surface area contributed by atoms with Crippen molar-refractivity contribution in [3.63, 3.8) is 0 Å². The Bertz CT molecular complexity index is 816. The number of hydrogen-bond acceptors (Lipinski definition) is 4. The summed E-state index contributed by atoms with van der Waals surface area (Å²) in [4.78, 5) is 0.314. The number of hydrogen-bond donors (Lipinski definition) is 0. The topological polar surface area (TPSA) is 55.8 Å². The lowest BCUT2D eigenvalue weighted by atomic mass is 10.2. The Kier molecular flexibility index (Phi) is 7.06. The van der Waals surface area contributed by atoms with Gasteiger partial charge in [-0.15, -0.1) is 0 Å². The number of sulfonamides is 1. The first-order valence-electron chi connectivity index (χ1n) is 8.85. The molecule has 0 N–H and O–H groups in total. The fourth-order valence-corrected chi connectivity index (χ4v) is 4.14. The van der Waals surface area contributed by atoms with E-state index < -0.39 is 10.0 Å². The second-order valence-corrected chi connectivity index (χ2v) is 7.78. The smallest absolute Gasteiger partial charge is 0.243 e. The maximum absolute atomic E-state index is 13.0. The molecule has 142 valence electrons. The van der Waals surface area contributed by atoms with Crippen LogP contribution in [0.5, 0.6) is 11.5 Å². The van der Waals surface area contributed by atoms with Crippen molar-refractivity contribution in [2.75, 3.05) is 20.3 Å². The van der Waals surface area contributed by atoms with Gasteiger partial charge in [0.25, 0.3) is 0 Å². The van der Waals surface area contributed by atoms with Gasteiger partial charge in [-0.25, -0.2) is 8.42 Å². The molecule has 6 heteroatoms. The van der Waals surface area contributed by atoms with E-state index in [1.54, 1.807) is 19.2 Å². The molecule has 26 heavy (non-hydrogen) atoms. The Hall–Kier alpha value is -2.05. The van der Waals surface area contributed by atoms with Crippen molar-refractivity contribution in [3.05, 3.63) is 53.6 Å². The Morgan fingerprint density at radius 1 is 0.923 bits per heavy atom. The van der Waals surface area contributed by atoms with Gasteiger partial charge in [0.1, 0.15) is 0 Å². The van der Waals surface area contributed by atoms with Crippen molar-refractivity contribution in [1.29, 1.82) is 0 Å². The van der Waals surface area contributed by atoms with E-state index in [1.165, 1.54) is 4.31 Å². The Morgan fingerprint density at radius 2 is 1.58 bits per heavy atom. The molecule has 0 aromatic heterocycles. The van der Waals surface area contributed by atoms with Crippen LogP contribution in [0.25, 0.3) is 0 Å². The van der Waals surface area contributed by atoms with Gasteiger partial charge >= 0.3 is 0 Å². The van der Waals surface area contributed by atoms with E-state index in [0.29, 0.717) is 29.5 Å². The second kappa shape index (κ2) is 9.05. The van der Waals surface area contributed by atoms with Gasteiger partial charge in [-0.3, -0.25) is 0 Å². The quantitative estimate of drug-likeness (QED) is 0.666. The molecule has 0 saturated heterocycles. The van der Waals surface area contributed by atoms with Crippen LogP contribution in [-0.2, 0) is 23.0 Å². The highest BCUT2D eigenvalue weighted by Gasteiger charge is 2.23. The van der Waals surface area contributed by atoms with Crippen LogP contribution in [0.2, 0.25) is 0 Å². The summed E-state index contributed by atoms with van der Waals surface area (Å²) in [6, 6.07) is 12.6. The predicted octanol–water partition coefficient (Wildman–Crippen LogP) is 3.87. The zero-order valence-electron chi connectivity index (χ0n) is 15.9. The highest BCUT2D eigenvalue weighted by atomic mass is 32.2. The van der Waals surface area contributed by atoms with Gasteiger partial charge < -0.3 is 9.47 Å². The Balaban J connectivity index is 2.27. The van der Waals surface area contributed by atoms with Crippen molar-refractivity contribution in [2.24, 2.45) is 0 Å². The standard InChI is InChI=1S/C20H27NO4S/c1-5-16-8-11-18(12-9-16)26(22,23)21(6-2)15-17-10-13-19(25-7-3)20(14-17)24-4/h8-14H,5-7,15H2,1-4H3. The van der Waals surface area contributed by atoms with E-state index in [1.807, 2.05) is 51.1 Å². The van der Waals surface area contributed by atoms with Crippen LogP contribution in [0, 0.1) is 0 Å². The van der Waals surface area contributed by atoms with Crippen LogP contribution in [0.4, 0.5) is 0 Å². The normalized spacial score (nSPS) is 11.6. The Morgan fingerprint density at radius 3 is 2.12 bits per heavy atom. The van der Waals surface area contributed by atoms with E-state index in [-0.39, 0.29) is 6.54 Å². The molecule has 0 spiro atoms. The molecule has 0 aliphatic heterocycles. The van der Waals surface area contributed by atoms with Crippen molar-refractivity contribution >= 4 is 10.0 Å². The van der Waals surface area contributed by atoms with Gasteiger partial charge in [0, 0.05) is 13.1 Å². The van der Waals surface area contributed by atoms with Crippen LogP contribution >= 0.6 is 0 Å². The highest BCUT2D eigenvalue weighted by molar-refractivity contribution is 7.89. The molecule has 0 aliphatic carbocycles. The zero-order valence-corrected chi connectivity index (χ0v) is 16.7. The van der Waals surface area contributed by atoms with Gasteiger partial charge in [0.15, 0.2) is 11.5 Å². The molecule has 0 heterocycles. The summed E-state index contributed by atoms with van der Waals surface area (Å²) in [7, 11) is -1.98. The number of nitrogens with zero attached hydrogens (tertiary/aromatic N) is 1. The van der Waals surface area contributed by atoms with Crippen molar-refractivity contribution in [2.45, 2.75) is 38.6 Å². The summed E-state index contributed by atoms with van der Waals surface area (Å²) in [5, 5.41) is 0. The molecule has 0 amide bonds. The first kappa shape index (κ1) is 20.3. The molecule has 0 bridgehead atoms. The summed E-state index contributed by atoms with van der Waals surface area (Å²) in [6.07, 6.45) is 0.879. The van der Waals surface area contributed by atoms with Crippen LogP contribution in [0.3, 0.4) is 0 Å². The molecule has 2 aromatic carbocycles. The summed E-state index contributed by atoms with van der Waals surface area (Å²) >= 11 is 0. The molecule has 2 rings (SSSR count). The average Bonchev–Trinajstić information content (AvgIpc) is 2.67. The largest absolute Gasteiger partial charge is 0.493 e. The van der Waals surface area contributed by atoms with E-state index in [0.717, 1.165) is 17.5 Å². The van der Waals surface area contributed by atoms with Crippen LogP contribution in [0.15, 0.2) is 47.4 Å². The second-order valence-electron chi connectivity index (χ2n) is 5.85. The lowest BCUT2D eigenvalue weighted by Gasteiger charge is -2.21. The summed E-state index contributed by atoms with van der Waals surface area (Å²) < 4.78 is 38.3. The maximum atomic E-state index is 13.0. The number of rotatable bonds is 9. The SMILES string of the molecule is CCOc1ccc(CN(CC)S(=O)(=O)c2ccc(CC)cc2)cc1OC. The molecule has 0 fully saturated rings. The third-order valence-electron chi connectivity index (χ3n) is 4.21. The number of methoxy groups -OCH3 is 1. The van der Waals surface area contributed by atoms with E-state index in [9.17, 15) is 8.42 Å². The van der Waals surface area contributed by atoms with Crippen LogP contribution in [-0.4, -0.2) is 33.0 Å². The summed E-state index contributed by atoms with van der Waals surface area (Å²) in [5.74, 6) is 1.25. The summed E-state index contributed by atoms with van der Waals surface area (Å²) in [6.45, 7) is 6.98. The average molecular weight is 378 g/mol. The Labute approximate surface area is 156 Å². The molecule has 0 atom stereocenters. The number of ether oxygens (including phenoxy) is 2. The van der Waals surface area contributed by atoms with Crippen molar-refractivity contribution < 1.29 is 17.9 Å². The molecule has 0 unspecified atom stereocenters. The minimum Gasteiger partial charge on any atom is -0.493 e. The van der Waals surface area contributed by atoms with Crippen molar-refractivity contribution in [1.82, 2.24) is 4.31 Å². The monoisotopic (exact) mass is 377 g/mol. The predicted molar refractivity (Wildman–Crippen MR) is 103 cm³/mol. The van der Waals surface area contributed by atoms with Gasteiger partial charge in [-0.2, -0.15) is 4.31 Å². The first-order valence-corrected chi connectivity index (χ1v) is 10.3. The fourth-order valence-electron chi connectivity index (χ4n) is 2.70. The molecule has 5 nitrogen and oxygen atoms in total. The van der Waals surface area contributed by atoms with E-state index in [4.69, 9.17) is 9.47 Å². The van der Waals surface area contributed by atoms with Crippen molar-refractivity contribution in [3.8, 4) is 11.5 Å². The molecule has 0 radical (unpaired) electrons.